The van der Waals surface area contributed by atoms with Crippen LogP contribution in [0.3, 0.4) is 0 Å². The highest BCUT2D eigenvalue weighted by Crippen LogP contribution is 2.15. The van der Waals surface area contributed by atoms with E-state index in [2.05, 4.69) is 10.1 Å². The van der Waals surface area contributed by atoms with E-state index in [1.54, 1.807) is 15.6 Å². The van der Waals surface area contributed by atoms with Crippen LogP contribution in [0.1, 0.15) is 23.4 Å². The van der Waals surface area contributed by atoms with E-state index in [1.165, 1.54) is 13.2 Å². The first-order chi connectivity index (χ1) is 12.3. The normalized spacial score (nSPS) is 13.5. The first kappa shape index (κ1) is 17.6. The van der Waals surface area contributed by atoms with Crippen LogP contribution in [-0.4, -0.2) is 47.8 Å². The predicted octanol–water partition coefficient (Wildman–Crippen LogP) is -1.13. The van der Waals surface area contributed by atoms with Crippen LogP contribution in [0.15, 0.2) is 21.9 Å². The number of rotatable bonds is 5. The maximum Gasteiger partial charge on any atom is 0.328 e. The first-order valence-electron chi connectivity index (χ1n) is 8.18. The van der Waals surface area contributed by atoms with Crippen LogP contribution >= 0.6 is 0 Å². The lowest BCUT2D eigenvalue weighted by molar-refractivity contribution is -0.137. The molecule has 0 unspecified atom stereocenters. The van der Waals surface area contributed by atoms with Crippen molar-refractivity contribution in [3.05, 3.63) is 50.1 Å². The molecule has 1 aliphatic rings. The molecule has 1 amide bonds. The third-order valence-electron chi connectivity index (χ3n) is 4.39. The molecule has 26 heavy (non-hydrogen) atoms. The first-order valence-corrected chi connectivity index (χ1v) is 8.18. The van der Waals surface area contributed by atoms with Gasteiger partial charge in [-0.05, 0) is 6.07 Å². The summed E-state index contributed by atoms with van der Waals surface area (Å²) < 4.78 is 2.71. The Morgan fingerprint density at radius 2 is 2.08 bits per heavy atom. The fraction of sp³-hybridized carbons (Fsp3) is 0.438. The van der Waals surface area contributed by atoms with E-state index in [1.807, 2.05) is 0 Å². The lowest BCUT2D eigenvalue weighted by Gasteiger charge is -2.27. The number of amides is 1. The highest BCUT2D eigenvalue weighted by molar-refractivity contribution is 5.78. The van der Waals surface area contributed by atoms with Gasteiger partial charge in [0.15, 0.2) is 0 Å². The maximum atomic E-state index is 12.5. The zero-order chi connectivity index (χ0) is 18.8. The highest BCUT2D eigenvalue weighted by Gasteiger charge is 2.23. The van der Waals surface area contributed by atoms with Crippen molar-refractivity contribution in [3.8, 4) is 0 Å². The van der Waals surface area contributed by atoms with Crippen LogP contribution in [-0.2, 0) is 42.6 Å². The number of carboxylic acids is 1. The second-order valence-electron chi connectivity index (χ2n) is 6.22. The fourth-order valence-corrected chi connectivity index (χ4v) is 2.91. The van der Waals surface area contributed by atoms with Gasteiger partial charge in [-0.2, -0.15) is 5.10 Å². The lowest BCUT2D eigenvalue weighted by atomic mass is 10.2. The summed E-state index contributed by atoms with van der Waals surface area (Å²) >= 11 is 0. The summed E-state index contributed by atoms with van der Waals surface area (Å²) in [5.74, 6) is -1.09. The summed E-state index contributed by atoms with van der Waals surface area (Å²) in [7, 11) is 1.35. The van der Waals surface area contributed by atoms with Crippen LogP contribution in [0.4, 0.5) is 0 Å². The molecule has 0 radical (unpaired) electrons. The summed E-state index contributed by atoms with van der Waals surface area (Å²) in [6, 6.07) is 1.81. The molecule has 2 aromatic rings. The SMILES string of the molecule is Cn1c(=O)[nH]cc(CC(=O)N2CCn3nc(CCC(=O)O)cc3C2)c1=O. The minimum Gasteiger partial charge on any atom is -0.481 e. The van der Waals surface area contributed by atoms with Crippen molar-refractivity contribution >= 4 is 11.9 Å². The van der Waals surface area contributed by atoms with Gasteiger partial charge in [-0.15, -0.1) is 0 Å². The molecule has 3 rings (SSSR count). The van der Waals surface area contributed by atoms with Crippen LogP contribution in [0.5, 0.6) is 0 Å². The molecule has 10 nitrogen and oxygen atoms in total. The number of aromatic nitrogens is 4. The number of nitrogens with zero attached hydrogens (tertiary/aromatic N) is 4. The Balaban J connectivity index is 1.69. The molecule has 0 saturated carbocycles. The van der Waals surface area contributed by atoms with Crippen molar-refractivity contribution in [2.24, 2.45) is 7.05 Å². The van der Waals surface area contributed by atoms with Gasteiger partial charge in [0.1, 0.15) is 0 Å². The number of aryl methyl sites for hydroxylation is 1. The molecule has 10 heteroatoms. The van der Waals surface area contributed by atoms with Gasteiger partial charge in [0.25, 0.3) is 5.56 Å². The highest BCUT2D eigenvalue weighted by atomic mass is 16.4. The van der Waals surface area contributed by atoms with Crippen molar-refractivity contribution in [3.63, 3.8) is 0 Å². The molecule has 0 aliphatic carbocycles. The number of carboxylic acid groups (broad SMARTS) is 1. The van der Waals surface area contributed by atoms with Gasteiger partial charge in [0, 0.05) is 31.8 Å². The molecule has 0 fully saturated rings. The van der Waals surface area contributed by atoms with Gasteiger partial charge in [0.2, 0.25) is 5.91 Å². The number of fused-ring (bicyclic) bond motifs is 1. The lowest BCUT2D eigenvalue weighted by Crippen LogP contribution is -2.41. The third-order valence-corrected chi connectivity index (χ3v) is 4.39. The van der Waals surface area contributed by atoms with Gasteiger partial charge in [-0.25, -0.2) is 4.79 Å². The van der Waals surface area contributed by atoms with Gasteiger partial charge >= 0.3 is 11.7 Å². The Morgan fingerprint density at radius 3 is 2.81 bits per heavy atom. The minimum atomic E-state index is -0.879. The molecule has 3 heterocycles. The van der Waals surface area contributed by atoms with E-state index in [0.717, 1.165) is 10.3 Å². The monoisotopic (exact) mass is 361 g/mol. The van der Waals surface area contributed by atoms with Crippen LogP contribution in [0.25, 0.3) is 0 Å². The Hall–Kier alpha value is -3.17. The summed E-state index contributed by atoms with van der Waals surface area (Å²) in [5, 5.41) is 13.1. The molecule has 0 spiro atoms. The van der Waals surface area contributed by atoms with Crippen molar-refractivity contribution in [2.75, 3.05) is 6.54 Å². The molecule has 138 valence electrons. The van der Waals surface area contributed by atoms with Crippen molar-refractivity contribution in [1.82, 2.24) is 24.2 Å². The average Bonchev–Trinajstić information content (AvgIpc) is 3.02. The third kappa shape index (κ3) is 3.58. The molecule has 0 bridgehead atoms. The number of carbonyl (C=O) groups is 2. The molecule has 2 aromatic heterocycles. The number of H-pyrrole nitrogens is 1. The van der Waals surface area contributed by atoms with Gasteiger partial charge in [0.05, 0.1) is 37.3 Å². The molecule has 2 N–H and O–H groups in total. The number of aliphatic carboxylic acids is 1. The summed E-state index contributed by atoms with van der Waals surface area (Å²) in [6.07, 6.45) is 1.54. The Bertz CT molecular complexity index is 970. The average molecular weight is 361 g/mol. The molecule has 0 aromatic carbocycles. The van der Waals surface area contributed by atoms with E-state index < -0.39 is 17.2 Å². The topological polar surface area (TPSA) is 130 Å². The molecule has 1 aliphatic heterocycles. The van der Waals surface area contributed by atoms with Crippen LogP contribution < -0.4 is 11.2 Å². The maximum absolute atomic E-state index is 12.5. The predicted molar refractivity (Wildman–Crippen MR) is 89.6 cm³/mol. The number of hydrogen-bond acceptors (Lipinski definition) is 5. The molecule has 0 saturated heterocycles. The quantitative estimate of drug-likeness (QED) is 0.693. The smallest absolute Gasteiger partial charge is 0.328 e. The zero-order valence-electron chi connectivity index (χ0n) is 14.3. The zero-order valence-corrected chi connectivity index (χ0v) is 14.3. The van der Waals surface area contributed by atoms with E-state index in [0.29, 0.717) is 31.7 Å². The number of aromatic amines is 1. The second-order valence-corrected chi connectivity index (χ2v) is 6.22. The van der Waals surface area contributed by atoms with Crippen LogP contribution in [0, 0.1) is 0 Å². The van der Waals surface area contributed by atoms with E-state index in [4.69, 9.17) is 5.11 Å². The van der Waals surface area contributed by atoms with Crippen molar-refractivity contribution in [1.29, 1.82) is 0 Å². The number of hydrogen-bond donors (Lipinski definition) is 2. The summed E-state index contributed by atoms with van der Waals surface area (Å²) in [6.45, 7) is 1.32. The van der Waals surface area contributed by atoms with Crippen molar-refractivity contribution in [2.45, 2.75) is 32.4 Å². The molecular formula is C16H19N5O5. The second kappa shape index (κ2) is 6.98. The minimum absolute atomic E-state index is 0.00853. The molecular weight excluding hydrogens is 342 g/mol. The van der Waals surface area contributed by atoms with Gasteiger partial charge < -0.3 is 15.0 Å². The van der Waals surface area contributed by atoms with E-state index in [9.17, 15) is 19.2 Å². The van der Waals surface area contributed by atoms with Crippen LogP contribution in [0.2, 0.25) is 0 Å². The van der Waals surface area contributed by atoms with E-state index in [-0.39, 0.29) is 24.3 Å². The Morgan fingerprint density at radius 1 is 1.31 bits per heavy atom. The van der Waals surface area contributed by atoms with Gasteiger partial charge in [-0.1, -0.05) is 0 Å². The van der Waals surface area contributed by atoms with E-state index >= 15 is 0 Å². The van der Waals surface area contributed by atoms with Gasteiger partial charge in [-0.3, -0.25) is 23.6 Å². The standard InChI is InChI=1S/C16H19N5O5/c1-19-15(25)10(8-17-16(19)26)6-13(22)20-4-5-21-12(9-20)7-11(18-21)2-3-14(23)24/h7-8H,2-6,9H2,1H3,(H,17,26)(H,23,24). The summed E-state index contributed by atoms with van der Waals surface area (Å²) in [4.78, 5) is 50.7. The number of nitrogens with one attached hydrogen (secondary N) is 1. The van der Waals surface area contributed by atoms with Crippen molar-refractivity contribution < 1.29 is 14.7 Å². The number of carbonyl (C=O) groups excluding carboxylic acids is 1. The Kier molecular flexibility index (Phi) is 4.74. The summed E-state index contributed by atoms with van der Waals surface area (Å²) in [5.41, 5.74) is 0.742. The fourth-order valence-electron chi connectivity index (χ4n) is 2.91. The molecule has 0 atom stereocenters. The Labute approximate surface area is 147 Å². The largest absolute Gasteiger partial charge is 0.481 e.